The van der Waals surface area contributed by atoms with Gasteiger partial charge in [0.15, 0.2) is 0 Å². The number of nitrogens with zero attached hydrogens (tertiary/aromatic N) is 1. The Labute approximate surface area is 120 Å². The van der Waals surface area contributed by atoms with Crippen molar-refractivity contribution in [2.24, 2.45) is 0 Å². The van der Waals surface area contributed by atoms with Crippen LogP contribution in [0.5, 0.6) is 0 Å². The molecule has 0 aliphatic heterocycles. The van der Waals surface area contributed by atoms with Crippen LogP contribution in [0.15, 0.2) is 18.3 Å². The van der Waals surface area contributed by atoms with Crippen LogP contribution in [0.1, 0.15) is 58.3 Å². The molecule has 1 amide bonds. The highest BCUT2D eigenvalue weighted by molar-refractivity contribution is 6.29. The predicted molar refractivity (Wildman–Crippen MR) is 80.5 cm³/mol. The second-order valence-electron chi connectivity index (χ2n) is 4.79. The van der Waals surface area contributed by atoms with Gasteiger partial charge in [-0.2, -0.15) is 0 Å². The summed E-state index contributed by atoms with van der Waals surface area (Å²) in [6.45, 7) is 2.22. The molecule has 1 N–H and O–H groups in total. The molecule has 0 bridgehead atoms. The van der Waals surface area contributed by atoms with Crippen LogP contribution in [-0.4, -0.2) is 10.9 Å². The van der Waals surface area contributed by atoms with E-state index in [9.17, 15) is 4.79 Å². The number of anilines is 1. The Bertz CT molecular complexity index is 365. The molecule has 1 heterocycles. The molecule has 1 rings (SSSR count). The van der Waals surface area contributed by atoms with Gasteiger partial charge in [-0.15, -0.1) is 0 Å². The monoisotopic (exact) mass is 282 g/mol. The van der Waals surface area contributed by atoms with Gasteiger partial charge < -0.3 is 5.32 Å². The van der Waals surface area contributed by atoms with E-state index in [1.807, 2.05) is 0 Å². The molecule has 0 atom stereocenters. The first-order valence-electron chi connectivity index (χ1n) is 7.13. The number of carbonyl (C=O) groups excluding carboxylic acids is 1. The normalized spacial score (nSPS) is 10.4. The van der Waals surface area contributed by atoms with E-state index in [0.29, 0.717) is 17.3 Å². The summed E-state index contributed by atoms with van der Waals surface area (Å²) in [5.41, 5.74) is 0.706. The number of carbonyl (C=O) groups is 1. The van der Waals surface area contributed by atoms with E-state index >= 15 is 0 Å². The van der Waals surface area contributed by atoms with Gasteiger partial charge in [-0.25, -0.2) is 4.98 Å². The summed E-state index contributed by atoms with van der Waals surface area (Å²) >= 11 is 5.68. The molecule has 0 spiro atoms. The number of aromatic nitrogens is 1. The molecule has 1 aromatic rings. The predicted octanol–water partition coefficient (Wildman–Crippen LogP) is 4.81. The minimum atomic E-state index is 0.0534. The van der Waals surface area contributed by atoms with E-state index in [-0.39, 0.29) is 5.91 Å². The van der Waals surface area contributed by atoms with Gasteiger partial charge in [-0.3, -0.25) is 4.79 Å². The molecule has 106 valence electrons. The Balaban J connectivity index is 2.06. The minimum absolute atomic E-state index is 0.0534. The zero-order valence-corrected chi connectivity index (χ0v) is 12.4. The van der Waals surface area contributed by atoms with Gasteiger partial charge in [-0.1, -0.05) is 57.0 Å². The molecule has 4 heteroatoms. The van der Waals surface area contributed by atoms with Gasteiger partial charge in [-0.05, 0) is 18.6 Å². The molecule has 19 heavy (non-hydrogen) atoms. The highest BCUT2D eigenvalue weighted by Gasteiger charge is 2.02. The lowest BCUT2D eigenvalue weighted by Crippen LogP contribution is -2.11. The van der Waals surface area contributed by atoms with Crippen LogP contribution in [0, 0.1) is 0 Å². The summed E-state index contributed by atoms with van der Waals surface area (Å²) in [5, 5.41) is 3.26. The van der Waals surface area contributed by atoms with Gasteiger partial charge in [0.25, 0.3) is 0 Å². The average Bonchev–Trinajstić information content (AvgIpc) is 2.40. The highest BCUT2D eigenvalue weighted by atomic mass is 35.5. The summed E-state index contributed by atoms with van der Waals surface area (Å²) in [5.74, 6) is 0.0534. The number of rotatable bonds is 9. The van der Waals surface area contributed by atoms with E-state index in [1.165, 1.54) is 32.1 Å². The molecule has 0 unspecified atom stereocenters. The van der Waals surface area contributed by atoms with Crippen molar-refractivity contribution in [1.82, 2.24) is 4.98 Å². The molecule has 0 aliphatic rings. The van der Waals surface area contributed by atoms with E-state index in [4.69, 9.17) is 11.6 Å². The van der Waals surface area contributed by atoms with Gasteiger partial charge in [0.1, 0.15) is 5.15 Å². The van der Waals surface area contributed by atoms with Gasteiger partial charge in [0.05, 0.1) is 11.9 Å². The van der Waals surface area contributed by atoms with Crippen LogP contribution >= 0.6 is 11.6 Å². The fourth-order valence-corrected chi connectivity index (χ4v) is 2.03. The Kier molecular flexibility index (Phi) is 8.23. The summed E-state index contributed by atoms with van der Waals surface area (Å²) in [6.07, 6.45) is 10.7. The standard InChI is InChI=1S/C15H23ClN2O/c1-2-3-4-5-6-7-8-9-15(19)18-13-10-11-14(16)17-12-13/h10-12H,2-9H2,1H3,(H,18,19). The Morgan fingerprint density at radius 1 is 1.16 bits per heavy atom. The average molecular weight is 283 g/mol. The maximum Gasteiger partial charge on any atom is 0.224 e. The third kappa shape index (κ3) is 7.83. The second kappa shape index (κ2) is 9.79. The summed E-state index contributed by atoms with van der Waals surface area (Å²) in [7, 11) is 0. The minimum Gasteiger partial charge on any atom is -0.325 e. The second-order valence-corrected chi connectivity index (χ2v) is 5.18. The molecule has 0 saturated heterocycles. The third-order valence-electron chi connectivity index (χ3n) is 3.02. The van der Waals surface area contributed by atoms with Gasteiger partial charge in [0.2, 0.25) is 5.91 Å². The van der Waals surface area contributed by atoms with Crippen molar-refractivity contribution in [1.29, 1.82) is 0 Å². The van der Waals surface area contributed by atoms with Crippen molar-refractivity contribution >= 4 is 23.2 Å². The molecule has 0 aromatic carbocycles. The quantitative estimate of drug-likeness (QED) is 0.521. The molecule has 0 saturated carbocycles. The van der Waals surface area contributed by atoms with Crippen molar-refractivity contribution in [3.63, 3.8) is 0 Å². The van der Waals surface area contributed by atoms with Crippen molar-refractivity contribution in [2.75, 3.05) is 5.32 Å². The van der Waals surface area contributed by atoms with E-state index in [2.05, 4.69) is 17.2 Å². The number of halogens is 1. The lowest BCUT2D eigenvalue weighted by atomic mass is 10.1. The van der Waals surface area contributed by atoms with Crippen LogP contribution in [0.2, 0.25) is 5.15 Å². The van der Waals surface area contributed by atoms with Crippen LogP contribution < -0.4 is 5.32 Å². The first kappa shape index (κ1) is 16.0. The van der Waals surface area contributed by atoms with E-state index in [1.54, 1.807) is 18.3 Å². The number of amides is 1. The first-order chi connectivity index (χ1) is 9.22. The lowest BCUT2D eigenvalue weighted by molar-refractivity contribution is -0.116. The Morgan fingerprint density at radius 2 is 1.84 bits per heavy atom. The molecule has 1 aromatic heterocycles. The number of hydrogen-bond acceptors (Lipinski definition) is 2. The van der Waals surface area contributed by atoms with Crippen molar-refractivity contribution in [3.8, 4) is 0 Å². The topological polar surface area (TPSA) is 42.0 Å². The van der Waals surface area contributed by atoms with Crippen LogP contribution in [0.4, 0.5) is 5.69 Å². The number of unbranched alkanes of at least 4 members (excludes halogenated alkanes) is 6. The van der Waals surface area contributed by atoms with Crippen LogP contribution in [0.3, 0.4) is 0 Å². The molecule has 0 aliphatic carbocycles. The molecule has 0 radical (unpaired) electrons. The summed E-state index contributed by atoms with van der Waals surface area (Å²) < 4.78 is 0. The first-order valence-corrected chi connectivity index (χ1v) is 7.51. The molecular formula is C15H23ClN2O. The lowest BCUT2D eigenvalue weighted by Gasteiger charge is -2.05. The Morgan fingerprint density at radius 3 is 2.47 bits per heavy atom. The van der Waals surface area contributed by atoms with Crippen LogP contribution in [0.25, 0.3) is 0 Å². The number of pyridine rings is 1. The Hall–Kier alpha value is -1.09. The van der Waals surface area contributed by atoms with Crippen molar-refractivity contribution < 1.29 is 4.79 Å². The number of hydrogen-bond donors (Lipinski definition) is 1. The zero-order valence-electron chi connectivity index (χ0n) is 11.6. The van der Waals surface area contributed by atoms with Gasteiger partial charge >= 0.3 is 0 Å². The van der Waals surface area contributed by atoms with Crippen molar-refractivity contribution in [2.45, 2.75) is 58.3 Å². The molecular weight excluding hydrogens is 260 g/mol. The van der Waals surface area contributed by atoms with E-state index in [0.717, 1.165) is 12.8 Å². The van der Waals surface area contributed by atoms with Crippen LogP contribution in [-0.2, 0) is 4.79 Å². The molecule has 0 fully saturated rings. The highest BCUT2D eigenvalue weighted by Crippen LogP contribution is 2.12. The van der Waals surface area contributed by atoms with Crippen molar-refractivity contribution in [3.05, 3.63) is 23.5 Å². The maximum atomic E-state index is 11.7. The summed E-state index contributed by atoms with van der Waals surface area (Å²) in [4.78, 5) is 15.6. The largest absolute Gasteiger partial charge is 0.325 e. The SMILES string of the molecule is CCCCCCCCCC(=O)Nc1ccc(Cl)nc1. The number of nitrogens with one attached hydrogen (secondary N) is 1. The molecule has 3 nitrogen and oxygen atoms in total. The third-order valence-corrected chi connectivity index (χ3v) is 3.24. The smallest absolute Gasteiger partial charge is 0.224 e. The fourth-order valence-electron chi connectivity index (χ4n) is 1.92. The maximum absolute atomic E-state index is 11.7. The zero-order chi connectivity index (χ0) is 13.9. The summed E-state index contributed by atoms with van der Waals surface area (Å²) in [6, 6.07) is 3.43. The van der Waals surface area contributed by atoms with Gasteiger partial charge in [0, 0.05) is 6.42 Å². The fraction of sp³-hybridized carbons (Fsp3) is 0.600. The van der Waals surface area contributed by atoms with E-state index < -0.39 is 0 Å².